The van der Waals surface area contributed by atoms with E-state index in [9.17, 15) is 13.0 Å². The van der Waals surface area contributed by atoms with Crippen LogP contribution in [-0.4, -0.2) is 50.4 Å². The third-order valence-corrected chi connectivity index (χ3v) is 8.59. The normalized spacial score (nSPS) is 14.0. The summed E-state index contributed by atoms with van der Waals surface area (Å²) in [6.45, 7) is 4.90. The first kappa shape index (κ1) is 27.8. The van der Waals surface area contributed by atoms with Crippen LogP contribution in [-0.2, 0) is 15.7 Å². The fourth-order valence-electron chi connectivity index (χ4n) is 4.46. The highest BCUT2D eigenvalue weighted by atomic mass is 32.2. The molecule has 0 aliphatic carbocycles. The number of nitrogens with one attached hydrogen (secondary N) is 2. The molecule has 1 atom stereocenters. The van der Waals surface area contributed by atoms with E-state index in [1.54, 1.807) is 36.7 Å². The van der Waals surface area contributed by atoms with Crippen LogP contribution in [0.4, 0.5) is 31.9 Å². The van der Waals surface area contributed by atoms with Gasteiger partial charge >= 0.3 is 0 Å². The van der Waals surface area contributed by atoms with E-state index in [1.807, 2.05) is 25.1 Å². The number of benzene rings is 2. The Morgan fingerprint density at radius 3 is 2.50 bits per heavy atom. The van der Waals surface area contributed by atoms with E-state index in [-0.39, 0.29) is 0 Å². The maximum absolute atomic E-state index is 14.1. The number of rotatable bonds is 8. The van der Waals surface area contributed by atoms with Crippen molar-refractivity contribution >= 4 is 45.5 Å². The Kier molecular flexibility index (Phi) is 8.13. The van der Waals surface area contributed by atoms with E-state index < -0.39 is 27.5 Å². The van der Waals surface area contributed by atoms with E-state index in [4.69, 9.17) is 14.7 Å². The Labute approximate surface area is 247 Å². The van der Waals surface area contributed by atoms with Crippen LogP contribution in [0.25, 0.3) is 21.8 Å². The summed E-state index contributed by atoms with van der Waals surface area (Å²) in [5.41, 5.74) is 3.24. The van der Waals surface area contributed by atoms with Crippen molar-refractivity contribution in [3.05, 3.63) is 89.7 Å². The van der Waals surface area contributed by atoms with Crippen molar-refractivity contribution in [3.63, 3.8) is 0 Å². The minimum absolute atomic E-state index is 0.406. The van der Waals surface area contributed by atoms with E-state index in [0.717, 1.165) is 52.2 Å². The third kappa shape index (κ3) is 6.12. The number of ether oxygens (including phenoxy) is 1. The van der Waals surface area contributed by atoms with Crippen LogP contribution in [0.3, 0.4) is 0 Å². The van der Waals surface area contributed by atoms with Gasteiger partial charge in [0, 0.05) is 30.5 Å². The summed E-state index contributed by atoms with van der Waals surface area (Å²) in [4.78, 5) is 20.9. The van der Waals surface area contributed by atoms with Gasteiger partial charge in [-0.3, -0.25) is 0 Å². The first-order valence-corrected chi connectivity index (χ1v) is 15.0. The van der Waals surface area contributed by atoms with E-state index in [2.05, 4.69) is 24.9 Å². The van der Waals surface area contributed by atoms with Crippen LogP contribution in [0, 0.1) is 18.6 Å². The van der Waals surface area contributed by atoms with Gasteiger partial charge in [0.25, 0.3) is 0 Å². The zero-order chi connectivity index (χ0) is 29.1. The highest BCUT2D eigenvalue weighted by molar-refractivity contribution is 7.86. The molecule has 1 aliphatic heterocycles. The zero-order valence-corrected chi connectivity index (χ0v) is 24.0. The summed E-state index contributed by atoms with van der Waals surface area (Å²) in [6, 6.07) is 16.1. The molecule has 5 aromatic rings. The van der Waals surface area contributed by atoms with Crippen LogP contribution in [0.2, 0.25) is 0 Å². The molecule has 2 N–H and O–H groups in total. The average molecular weight is 606 g/mol. The summed E-state index contributed by atoms with van der Waals surface area (Å²) in [5.74, 6) is -0.469. The minimum Gasteiger partial charge on any atom is -0.378 e. The van der Waals surface area contributed by atoms with Gasteiger partial charge in [0.05, 0.1) is 46.4 Å². The van der Waals surface area contributed by atoms with E-state index in [1.165, 1.54) is 17.4 Å². The van der Waals surface area contributed by atoms with Crippen molar-refractivity contribution in [2.24, 2.45) is 0 Å². The molecule has 0 spiro atoms. The Morgan fingerprint density at radius 2 is 1.74 bits per heavy atom. The number of nitrogens with zero attached hydrogens (tertiary/aromatic N) is 5. The highest BCUT2D eigenvalue weighted by Gasteiger charge is 2.19. The first-order chi connectivity index (χ1) is 20.4. The topological polar surface area (TPSA) is 105 Å². The Morgan fingerprint density at radius 1 is 0.952 bits per heavy atom. The number of thiazole rings is 1. The lowest BCUT2D eigenvalue weighted by Gasteiger charge is -2.27. The van der Waals surface area contributed by atoms with Gasteiger partial charge < -0.3 is 19.7 Å². The molecule has 0 amide bonds. The van der Waals surface area contributed by atoms with Gasteiger partial charge in [0.15, 0.2) is 11.0 Å². The molecule has 3 aromatic heterocycles. The Bertz CT molecular complexity index is 1720. The van der Waals surface area contributed by atoms with Crippen molar-refractivity contribution in [2.75, 3.05) is 41.2 Å². The number of aryl methyl sites for hydroxylation is 1. The maximum Gasteiger partial charge on any atom is 0.227 e. The number of hydrogen-bond donors (Lipinski definition) is 2. The molecular weight excluding hydrogens is 580 g/mol. The van der Waals surface area contributed by atoms with Crippen LogP contribution < -0.4 is 14.9 Å². The smallest absolute Gasteiger partial charge is 0.227 e. The lowest BCUT2D eigenvalue weighted by atomic mass is 10.1. The van der Waals surface area contributed by atoms with E-state index in [0.29, 0.717) is 36.2 Å². The van der Waals surface area contributed by atoms with Gasteiger partial charge in [0.1, 0.15) is 22.3 Å². The first-order valence-electron chi connectivity index (χ1n) is 13.0. The van der Waals surface area contributed by atoms with Crippen molar-refractivity contribution in [1.29, 1.82) is 0 Å². The lowest BCUT2D eigenvalue weighted by molar-refractivity contribution is 0.122. The van der Waals surface area contributed by atoms with Gasteiger partial charge in [-0.2, -0.15) is 0 Å². The minimum atomic E-state index is -2.14. The number of aromatic nitrogens is 4. The molecule has 6 rings (SSSR count). The van der Waals surface area contributed by atoms with Crippen LogP contribution in [0.1, 0.15) is 5.01 Å². The largest absolute Gasteiger partial charge is 0.378 e. The molecule has 9 nitrogen and oxygen atoms in total. The van der Waals surface area contributed by atoms with Gasteiger partial charge in [-0.1, -0.05) is 18.2 Å². The number of hydrogen-bond acceptors (Lipinski definition) is 9. The van der Waals surface area contributed by atoms with Gasteiger partial charge in [-0.25, -0.2) is 32.9 Å². The highest BCUT2D eigenvalue weighted by Crippen LogP contribution is 2.37. The molecule has 1 aliphatic rings. The summed E-state index contributed by atoms with van der Waals surface area (Å²) in [6.07, 6.45) is 3.42. The second-order valence-electron chi connectivity index (χ2n) is 9.31. The van der Waals surface area contributed by atoms with Crippen LogP contribution in [0.15, 0.2) is 78.0 Å². The second kappa shape index (κ2) is 12.3. The molecule has 2 aromatic carbocycles. The van der Waals surface area contributed by atoms with Crippen LogP contribution in [0.5, 0.6) is 0 Å². The fraction of sp³-hybridized carbons (Fsp3) is 0.172. The lowest BCUT2D eigenvalue weighted by Crippen LogP contribution is -2.36. The zero-order valence-electron chi connectivity index (χ0n) is 22.4. The standard InChI is InChI=1S/C29H25F2N7O2S2/c1-18-34-26(19-4-2-5-20(16-19)37-42(39)28-22(30)6-3-7-23(28)31)27(41-18)24-10-11-32-29(36-24)35-21-8-9-25(33-17-21)38-12-14-40-15-13-38/h2-11,16-17,37H,12-15H2,1H3,(H,32,35,36). The van der Waals surface area contributed by atoms with Gasteiger partial charge in [-0.15, -0.1) is 11.3 Å². The van der Waals surface area contributed by atoms with Crippen molar-refractivity contribution < 1.29 is 17.7 Å². The maximum atomic E-state index is 14.1. The van der Waals surface area contributed by atoms with Gasteiger partial charge in [0.2, 0.25) is 5.95 Å². The molecular formula is C29H25F2N7O2S2. The van der Waals surface area contributed by atoms with E-state index >= 15 is 0 Å². The molecule has 1 unspecified atom stereocenters. The Balaban J connectivity index is 1.23. The summed E-state index contributed by atoms with van der Waals surface area (Å²) < 4.78 is 49.2. The number of pyridine rings is 1. The quantitative estimate of drug-likeness (QED) is 0.223. The van der Waals surface area contributed by atoms with Gasteiger partial charge in [-0.05, 0) is 49.4 Å². The summed E-state index contributed by atoms with van der Waals surface area (Å²) in [7, 11) is -2.14. The summed E-state index contributed by atoms with van der Waals surface area (Å²) in [5, 5.41) is 4.04. The Hall–Kier alpha value is -4.33. The third-order valence-electron chi connectivity index (χ3n) is 6.41. The fourth-order valence-corrected chi connectivity index (χ4v) is 6.30. The molecule has 13 heteroatoms. The molecule has 4 heterocycles. The second-order valence-corrected chi connectivity index (χ2v) is 11.7. The number of anilines is 4. The molecule has 0 bridgehead atoms. The number of morpholine rings is 1. The van der Waals surface area contributed by atoms with Crippen molar-refractivity contribution in [2.45, 2.75) is 11.8 Å². The van der Waals surface area contributed by atoms with Crippen molar-refractivity contribution in [3.8, 4) is 21.8 Å². The molecule has 42 heavy (non-hydrogen) atoms. The number of halogens is 2. The van der Waals surface area contributed by atoms with Crippen LogP contribution >= 0.6 is 11.3 Å². The average Bonchev–Trinajstić information content (AvgIpc) is 3.40. The molecule has 1 saturated heterocycles. The summed E-state index contributed by atoms with van der Waals surface area (Å²) >= 11 is 1.48. The predicted molar refractivity (Wildman–Crippen MR) is 160 cm³/mol. The molecule has 0 radical (unpaired) electrons. The SMILES string of the molecule is Cc1nc(-c2cccc(NS(=O)c3c(F)cccc3F)c2)c(-c2ccnc(Nc3ccc(N4CCOCC4)nc3)n2)s1. The monoisotopic (exact) mass is 605 g/mol. The molecule has 214 valence electrons. The predicted octanol–water partition coefficient (Wildman–Crippen LogP) is 5.96. The molecule has 0 saturated carbocycles. The van der Waals surface area contributed by atoms with Crippen molar-refractivity contribution in [1.82, 2.24) is 19.9 Å². The molecule has 1 fully saturated rings.